The Hall–Kier alpha value is -2.27. The zero-order valence-corrected chi connectivity index (χ0v) is 21.2. The third-order valence-electron chi connectivity index (χ3n) is 7.30. The van der Waals surface area contributed by atoms with Crippen molar-refractivity contribution in [3.05, 3.63) is 95.1 Å². The Morgan fingerprint density at radius 3 is 2.41 bits per heavy atom. The van der Waals surface area contributed by atoms with Gasteiger partial charge in [0.1, 0.15) is 12.4 Å². The minimum atomic E-state index is 0.227. The topological polar surface area (TPSA) is 24.5 Å². The molecule has 2 aliphatic rings. The van der Waals surface area contributed by atoms with Crippen molar-refractivity contribution < 1.29 is 4.74 Å². The third kappa shape index (κ3) is 5.19. The fraction of sp³-hybridized carbons (Fsp3) is 0.400. The number of ether oxygens (including phenoxy) is 1. The molecule has 0 saturated carbocycles. The van der Waals surface area contributed by atoms with E-state index in [1.54, 1.807) is 0 Å². The standard InChI is InChI=1S/C30H36N2OS/c1-22-10-12-24(13-11-22)30-28(26-8-4-5-9-27(26)34-30)29(31-2)23-14-16-25(17-15-23)33-21-20-32-18-6-3-7-19-32/h4-5,8-17,28-31H,3,6-7,18-21H2,1-2H3. The number of fused-ring (bicyclic) bond motifs is 1. The smallest absolute Gasteiger partial charge is 0.119 e. The van der Waals surface area contributed by atoms with Gasteiger partial charge < -0.3 is 10.1 Å². The largest absolute Gasteiger partial charge is 0.492 e. The molecule has 3 aromatic carbocycles. The van der Waals surface area contributed by atoms with E-state index in [-0.39, 0.29) is 6.04 Å². The quantitative estimate of drug-likeness (QED) is 0.392. The molecule has 0 aromatic heterocycles. The lowest BCUT2D eigenvalue weighted by Crippen LogP contribution is -2.33. The van der Waals surface area contributed by atoms with Crippen molar-refractivity contribution in [1.29, 1.82) is 0 Å². The van der Waals surface area contributed by atoms with E-state index in [1.165, 1.54) is 59.5 Å². The third-order valence-corrected chi connectivity index (χ3v) is 8.74. The Bertz CT molecular complexity index is 1060. The molecular weight excluding hydrogens is 436 g/mol. The lowest BCUT2D eigenvalue weighted by atomic mass is 9.82. The van der Waals surface area contributed by atoms with Crippen LogP contribution in [0, 0.1) is 6.92 Å². The summed E-state index contributed by atoms with van der Waals surface area (Å²) in [5, 5.41) is 4.04. The van der Waals surface area contributed by atoms with Crippen LogP contribution < -0.4 is 10.1 Å². The van der Waals surface area contributed by atoms with Gasteiger partial charge in [-0.3, -0.25) is 4.90 Å². The highest BCUT2D eigenvalue weighted by atomic mass is 32.2. The zero-order valence-electron chi connectivity index (χ0n) is 20.4. The number of nitrogens with one attached hydrogen (secondary N) is 1. The van der Waals surface area contributed by atoms with E-state index in [0.717, 1.165) is 18.9 Å². The van der Waals surface area contributed by atoms with Crippen molar-refractivity contribution >= 4 is 11.8 Å². The minimum Gasteiger partial charge on any atom is -0.492 e. The summed E-state index contributed by atoms with van der Waals surface area (Å²) in [7, 11) is 2.09. The van der Waals surface area contributed by atoms with Crippen molar-refractivity contribution in [1.82, 2.24) is 10.2 Å². The van der Waals surface area contributed by atoms with Crippen molar-refractivity contribution in [2.45, 2.75) is 48.3 Å². The molecule has 3 nitrogen and oxygen atoms in total. The second-order valence-corrected chi connectivity index (χ2v) is 10.8. The summed E-state index contributed by atoms with van der Waals surface area (Å²) in [6.07, 6.45) is 4.03. The Morgan fingerprint density at radius 2 is 1.68 bits per heavy atom. The molecule has 3 aromatic rings. The molecule has 5 rings (SSSR count). The van der Waals surface area contributed by atoms with Gasteiger partial charge in [-0.2, -0.15) is 0 Å². The van der Waals surface area contributed by atoms with E-state index in [0.29, 0.717) is 11.2 Å². The van der Waals surface area contributed by atoms with Gasteiger partial charge >= 0.3 is 0 Å². The molecule has 3 unspecified atom stereocenters. The van der Waals surface area contributed by atoms with E-state index in [4.69, 9.17) is 4.74 Å². The van der Waals surface area contributed by atoms with Crippen LogP contribution in [0.3, 0.4) is 0 Å². The van der Waals surface area contributed by atoms with Gasteiger partial charge in [-0.25, -0.2) is 0 Å². The number of nitrogens with zero attached hydrogens (tertiary/aromatic N) is 1. The molecule has 0 aliphatic carbocycles. The van der Waals surface area contributed by atoms with Gasteiger partial charge in [0.15, 0.2) is 0 Å². The molecule has 0 radical (unpaired) electrons. The molecule has 0 bridgehead atoms. The zero-order chi connectivity index (χ0) is 23.3. The predicted molar refractivity (Wildman–Crippen MR) is 143 cm³/mol. The number of benzene rings is 3. The molecule has 4 heteroatoms. The Morgan fingerprint density at radius 1 is 0.941 bits per heavy atom. The highest BCUT2D eigenvalue weighted by Crippen LogP contribution is 2.58. The maximum atomic E-state index is 6.09. The summed E-state index contributed by atoms with van der Waals surface area (Å²) in [6.45, 7) is 6.38. The summed E-state index contributed by atoms with van der Waals surface area (Å²) in [6, 6.07) is 27.0. The maximum absolute atomic E-state index is 6.09. The van der Waals surface area contributed by atoms with Crippen molar-refractivity contribution in [3.8, 4) is 5.75 Å². The number of aryl methyl sites for hydroxylation is 1. The second-order valence-electron chi connectivity index (χ2n) is 9.60. The first-order valence-corrected chi connectivity index (χ1v) is 13.6. The molecule has 0 spiro atoms. The van der Waals surface area contributed by atoms with Crippen molar-refractivity contribution in [3.63, 3.8) is 0 Å². The lowest BCUT2D eigenvalue weighted by molar-refractivity contribution is 0.183. The van der Waals surface area contributed by atoms with Crippen LogP contribution in [0.15, 0.2) is 77.7 Å². The molecule has 2 heterocycles. The number of rotatable bonds is 8. The molecule has 178 valence electrons. The fourth-order valence-corrected chi connectivity index (χ4v) is 6.94. The SMILES string of the molecule is CNC(c1ccc(OCCN2CCCCC2)cc1)C1c2ccccc2SC1c1ccc(C)cc1. The van der Waals surface area contributed by atoms with E-state index in [1.807, 2.05) is 11.8 Å². The minimum absolute atomic E-state index is 0.227. The van der Waals surface area contributed by atoms with Gasteiger partial charge in [-0.05, 0) is 74.8 Å². The highest BCUT2D eigenvalue weighted by Gasteiger charge is 2.39. The average Bonchev–Trinajstić information content (AvgIpc) is 3.26. The van der Waals surface area contributed by atoms with Crippen LogP contribution in [0.2, 0.25) is 0 Å². The fourth-order valence-electron chi connectivity index (χ4n) is 5.42. The molecular formula is C30H36N2OS. The van der Waals surface area contributed by atoms with Crippen LogP contribution in [0.5, 0.6) is 5.75 Å². The number of hydrogen-bond donors (Lipinski definition) is 1. The van der Waals surface area contributed by atoms with Crippen molar-refractivity contribution in [2.75, 3.05) is 33.3 Å². The lowest BCUT2D eigenvalue weighted by Gasteiger charge is -2.30. The maximum Gasteiger partial charge on any atom is 0.119 e. The van der Waals surface area contributed by atoms with Gasteiger partial charge in [0.2, 0.25) is 0 Å². The second kappa shape index (κ2) is 11.0. The van der Waals surface area contributed by atoms with Crippen LogP contribution >= 0.6 is 11.8 Å². The molecule has 34 heavy (non-hydrogen) atoms. The van der Waals surface area contributed by atoms with Crippen LogP contribution in [0.4, 0.5) is 0 Å². The van der Waals surface area contributed by atoms with Gasteiger partial charge in [0.25, 0.3) is 0 Å². The van der Waals surface area contributed by atoms with E-state index < -0.39 is 0 Å². The predicted octanol–water partition coefficient (Wildman–Crippen LogP) is 6.75. The van der Waals surface area contributed by atoms with Gasteiger partial charge in [0, 0.05) is 28.6 Å². The number of thioether (sulfide) groups is 1. The molecule has 1 N–H and O–H groups in total. The molecule has 1 fully saturated rings. The van der Waals surface area contributed by atoms with E-state index >= 15 is 0 Å². The number of likely N-dealkylation sites (N-methyl/N-ethyl adjacent to an activating group) is 1. The Kier molecular flexibility index (Phi) is 7.58. The number of likely N-dealkylation sites (tertiary alicyclic amines) is 1. The average molecular weight is 473 g/mol. The Balaban J connectivity index is 1.33. The molecule has 3 atom stereocenters. The normalized spacial score (nSPS) is 21.2. The summed E-state index contributed by atoms with van der Waals surface area (Å²) in [5.41, 5.74) is 5.46. The summed E-state index contributed by atoms with van der Waals surface area (Å²) < 4.78 is 6.09. The van der Waals surface area contributed by atoms with Crippen LogP contribution in [0.25, 0.3) is 0 Å². The van der Waals surface area contributed by atoms with Gasteiger partial charge in [-0.15, -0.1) is 11.8 Å². The van der Waals surface area contributed by atoms with Gasteiger partial charge in [0.05, 0.1) is 0 Å². The first-order chi connectivity index (χ1) is 16.7. The summed E-state index contributed by atoms with van der Waals surface area (Å²) in [5.74, 6) is 1.33. The first kappa shape index (κ1) is 23.5. The molecule has 1 saturated heterocycles. The number of hydrogen-bond acceptors (Lipinski definition) is 4. The van der Waals surface area contributed by atoms with Crippen LogP contribution in [-0.2, 0) is 0 Å². The van der Waals surface area contributed by atoms with Gasteiger partial charge in [-0.1, -0.05) is 66.6 Å². The monoisotopic (exact) mass is 472 g/mol. The van der Waals surface area contributed by atoms with Crippen LogP contribution in [-0.4, -0.2) is 38.2 Å². The highest BCUT2D eigenvalue weighted by molar-refractivity contribution is 8.00. The van der Waals surface area contributed by atoms with E-state index in [2.05, 4.69) is 97.0 Å². The first-order valence-electron chi connectivity index (χ1n) is 12.7. The van der Waals surface area contributed by atoms with Crippen molar-refractivity contribution in [2.24, 2.45) is 0 Å². The summed E-state index contributed by atoms with van der Waals surface area (Å²) in [4.78, 5) is 3.92. The van der Waals surface area contributed by atoms with Crippen LogP contribution in [0.1, 0.15) is 58.7 Å². The van der Waals surface area contributed by atoms with E-state index in [9.17, 15) is 0 Å². The molecule has 2 aliphatic heterocycles. The number of piperidine rings is 1. The Labute approximate surface area is 208 Å². The summed E-state index contributed by atoms with van der Waals surface area (Å²) >= 11 is 2.00. The molecule has 0 amide bonds.